The number of ether oxygens (including phenoxy) is 1. The molecule has 110 valence electrons. The fourth-order valence-electron chi connectivity index (χ4n) is 1.94. The van der Waals surface area contributed by atoms with E-state index in [0.29, 0.717) is 24.1 Å². The third kappa shape index (κ3) is 3.67. The van der Waals surface area contributed by atoms with Gasteiger partial charge >= 0.3 is 0 Å². The van der Waals surface area contributed by atoms with Crippen molar-refractivity contribution in [1.29, 1.82) is 0 Å². The molecule has 0 atom stereocenters. The molecule has 0 radical (unpaired) electrons. The van der Waals surface area contributed by atoms with Gasteiger partial charge in [-0.25, -0.2) is 0 Å². The summed E-state index contributed by atoms with van der Waals surface area (Å²) in [5, 5.41) is 3.27. The molecule has 1 aliphatic rings. The smallest absolute Gasteiger partial charge is 0.239 e. The van der Waals surface area contributed by atoms with Gasteiger partial charge in [-0.15, -0.1) is 0 Å². The minimum Gasteiger partial charge on any atom is -0.476 e. The fourth-order valence-corrected chi connectivity index (χ4v) is 2.32. The van der Waals surface area contributed by atoms with Crippen LogP contribution in [0.4, 0.5) is 17.2 Å². The SMILES string of the molecule is Cc1ccc(Nc2ccc(N)c(OCC3CC3)n2)cc1Br. The number of benzene rings is 1. The molecule has 0 spiro atoms. The number of pyridine rings is 1. The molecule has 0 unspecified atom stereocenters. The summed E-state index contributed by atoms with van der Waals surface area (Å²) in [4.78, 5) is 4.45. The number of hydrogen-bond donors (Lipinski definition) is 2. The number of aryl methyl sites for hydroxylation is 1. The van der Waals surface area contributed by atoms with Gasteiger partial charge in [0.15, 0.2) is 0 Å². The lowest BCUT2D eigenvalue weighted by Gasteiger charge is -2.11. The van der Waals surface area contributed by atoms with E-state index < -0.39 is 0 Å². The Morgan fingerprint density at radius 3 is 2.86 bits per heavy atom. The zero-order valence-corrected chi connectivity index (χ0v) is 13.5. The van der Waals surface area contributed by atoms with Crippen LogP contribution in [0, 0.1) is 12.8 Å². The van der Waals surface area contributed by atoms with Crippen molar-refractivity contribution < 1.29 is 4.74 Å². The number of aromatic nitrogens is 1. The lowest BCUT2D eigenvalue weighted by atomic mass is 10.2. The van der Waals surface area contributed by atoms with Crippen molar-refractivity contribution in [3.63, 3.8) is 0 Å². The largest absolute Gasteiger partial charge is 0.476 e. The van der Waals surface area contributed by atoms with Crippen molar-refractivity contribution in [2.24, 2.45) is 5.92 Å². The summed E-state index contributed by atoms with van der Waals surface area (Å²) in [5.41, 5.74) is 8.65. The van der Waals surface area contributed by atoms with E-state index in [1.165, 1.54) is 18.4 Å². The van der Waals surface area contributed by atoms with Gasteiger partial charge < -0.3 is 15.8 Å². The predicted octanol–water partition coefficient (Wildman–Crippen LogP) is 4.27. The topological polar surface area (TPSA) is 60.2 Å². The predicted molar refractivity (Wildman–Crippen MR) is 89.0 cm³/mol. The number of halogens is 1. The van der Waals surface area contributed by atoms with Crippen molar-refractivity contribution in [2.45, 2.75) is 19.8 Å². The second-order valence-corrected chi connectivity index (χ2v) is 6.29. The van der Waals surface area contributed by atoms with Crippen molar-refractivity contribution in [3.05, 3.63) is 40.4 Å². The van der Waals surface area contributed by atoms with E-state index in [4.69, 9.17) is 10.5 Å². The Labute approximate surface area is 132 Å². The molecule has 3 rings (SSSR count). The lowest BCUT2D eigenvalue weighted by molar-refractivity contribution is 0.290. The number of hydrogen-bond acceptors (Lipinski definition) is 4. The summed E-state index contributed by atoms with van der Waals surface area (Å²) >= 11 is 3.53. The summed E-state index contributed by atoms with van der Waals surface area (Å²) in [7, 11) is 0. The van der Waals surface area contributed by atoms with Gasteiger partial charge in [0.05, 0.1) is 12.3 Å². The van der Waals surface area contributed by atoms with Crippen LogP contribution < -0.4 is 15.8 Å². The number of nitrogens with zero attached hydrogens (tertiary/aromatic N) is 1. The average Bonchev–Trinajstić information content (AvgIpc) is 3.28. The number of nitrogens with two attached hydrogens (primary N) is 1. The van der Waals surface area contributed by atoms with Crippen LogP contribution in [0.15, 0.2) is 34.8 Å². The molecule has 5 heteroatoms. The van der Waals surface area contributed by atoms with Crippen molar-refractivity contribution in [2.75, 3.05) is 17.7 Å². The Bertz CT molecular complexity index is 656. The molecule has 0 amide bonds. The summed E-state index contributed by atoms with van der Waals surface area (Å²) in [5.74, 6) is 1.92. The highest BCUT2D eigenvalue weighted by Gasteiger charge is 2.22. The van der Waals surface area contributed by atoms with Gasteiger partial charge in [-0.1, -0.05) is 22.0 Å². The third-order valence-corrected chi connectivity index (χ3v) is 4.34. The molecule has 1 heterocycles. The molecule has 4 nitrogen and oxygen atoms in total. The number of rotatable bonds is 5. The van der Waals surface area contributed by atoms with Gasteiger partial charge in [0.2, 0.25) is 5.88 Å². The van der Waals surface area contributed by atoms with Gasteiger partial charge in [-0.2, -0.15) is 4.98 Å². The Balaban J connectivity index is 1.74. The van der Waals surface area contributed by atoms with E-state index in [0.717, 1.165) is 16.0 Å². The van der Waals surface area contributed by atoms with Gasteiger partial charge in [0.1, 0.15) is 5.82 Å². The summed E-state index contributed by atoms with van der Waals surface area (Å²) in [6.45, 7) is 2.76. The Kier molecular flexibility index (Phi) is 4.01. The van der Waals surface area contributed by atoms with E-state index >= 15 is 0 Å². The van der Waals surface area contributed by atoms with Crippen LogP contribution >= 0.6 is 15.9 Å². The minimum atomic E-state index is 0.512. The summed E-state index contributed by atoms with van der Waals surface area (Å²) < 4.78 is 6.76. The standard InChI is InChI=1S/C16H18BrN3O/c1-10-2-5-12(8-13(10)17)19-15-7-6-14(18)16(20-15)21-9-11-3-4-11/h2,5-8,11H,3-4,9,18H2,1H3,(H,19,20). The van der Waals surface area contributed by atoms with Crippen molar-refractivity contribution in [1.82, 2.24) is 4.98 Å². The molecule has 3 N–H and O–H groups in total. The van der Waals surface area contributed by atoms with E-state index in [-0.39, 0.29) is 0 Å². The Morgan fingerprint density at radius 2 is 2.14 bits per heavy atom. The highest BCUT2D eigenvalue weighted by molar-refractivity contribution is 9.10. The number of nitrogens with one attached hydrogen (secondary N) is 1. The lowest BCUT2D eigenvalue weighted by Crippen LogP contribution is -2.05. The normalized spacial score (nSPS) is 14.0. The monoisotopic (exact) mass is 347 g/mol. The van der Waals surface area contributed by atoms with Crippen LogP contribution in [0.5, 0.6) is 5.88 Å². The van der Waals surface area contributed by atoms with Crippen molar-refractivity contribution >= 4 is 33.1 Å². The van der Waals surface area contributed by atoms with E-state index in [1.807, 2.05) is 30.3 Å². The molecule has 1 aliphatic carbocycles. The van der Waals surface area contributed by atoms with Crippen LogP contribution in [0.1, 0.15) is 18.4 Å². The molecule has 1 fully saturated rings. The summed E-state index contributed by atoms with van der Waals surface area (Å²) in [6, 6.07) is 9.77. The maximum Gasteiger partial charge on any atom is 0.239 e. The van der Waals surface area contributed by atoms with Crippen molar-refractivity contribution in [3.8, 4) is 5.88 Å². The highest BCUT2D eigenvalue weighted by Crippen LogP contribution is 2.31. The van der Waals surface area contributed by atoms with Crippen LogP contribution in [0.2, 0.25) is 0 Å². The quantitative estimate of drug-likeness (QED) is 0.847. The first kappa shape index (κ1) is 14.2. The molecule has 1 aromatic heterocycles. The first-order chi connectivity index (χ1) is 10.1. The molecular formula is C16H18BrN3O. The molecular weight excluding hydrogens is 330 g/mol. The molecule has 0 bridgehead atoms. The first-order valence-electron chi connectivity index (χ1n) is 7.04. The van der Waals surface area contributed by atoms with Gasteiger partial charge in [-0.05, 0) is 55.5 Å². The zero-order valence-electron chi connectivity index (χ0n) is 11.9. The van der Waals surface area contributed by atoms with Gasteiger partial charge in [-0.3, -0.25) is 0 Å². The molecule has 0 saturated heterocycles. The van der Waals surface area contributed by atoms with Crippen LogP contribution in [-0.4, -0.2) is 11.6 Å². The molecule has 21 heavy (non-hydrogen) atoms. The third-order valence-electron chi connectivity index (χ3n) is 3.49. The number of anilines is 3. The highest BCUT2D eigenvalue weighted by atomic mass is 79.9. The maximum absolute atomic E-state index is 5.91. The van der Waals surface area contributed by atoms with Crippen LogP contribution in [0.25, 0.3) is 0 Å². The van der Waals surface area contributed by atoms with Gasteiger partial charge in [0, 0.05) is 10.2 Å². The second-order valence-electron chi connectivity index (χ2n) is 5.43. The maximum atomic E-state index is 5.91. The molecule has 1 aromatic carbocycles. The van der Waals surface area contributed by atoms with E-state index in [2.05, 4.69) is 33.2 Å². The minimum absolute atomic E-state index is 0.512. The van der Waals surface area contributed by atoms with Crippen LogP contribution in [-0.2, 0) is 0 Å². The molecule has 2 aromatic rings. The average molecular weight is 348 g/mol. The van der Waals surface area contributed by atoms with E-state index in [1.54, 1.807) is 0 Å². The Hall–Kier alpha value is -1.75. The Morgan fingerprint density at radius 1 is 1.33 bits per heavy atom. The summed E-state index contributed by atoms with van der Waals surface area (Å²) in [6.07, 6.45) is 2.49. The molecule has 0 aliphatic heterocycles. The number of nitrogen functional groups attached to an aromatic ring is 1. The molecule has 1 saturated carbocycles. The first-order valence-corrected chi connectivity index (χ1v) is 7.83. The zero-order chi connectivity index (χ0) is 14.8. The van der Waals surface area contributed by atoms with E-state index in [9.17, 15) is 0 Å². The van der Waals surface area contributed by atoms with Crippen LogP contribution in [0.3, 0.4) is 0 Å². The fraction of sp³-hybridized carbons (Fsp3) is 0.312. The van der Waals surface area contributed by atoms with Gasteiger partial charge in [0.25, 0.3) is 0 Å². The second kappa shape index (κ2) is 5.93.